The topological polar surface area (TPSA) is 48.1 Å². The van der Waals surface area contributed by atoms with Gasteiger partial charge in [-0.05, 0) is 17.9 Å². The first-order chi connectivity index (χ1) is 8.24. The van der Waals surface area contributed by atoms with Crippen LogP contribution in [-0.2, 0) is 0 Å². The van der Waals surface area contributed by atoms with Gasteiger partial charge in [0.2, 0.25) is 0 Å². The highest BCUT2D eigenvalue weighted by molar-refractivity contribution is 8.01. The van der Waals surface area contributed by atoms with E-state index >= 15 is 0 Å². The Morgan fingerprint density at radius 1 is 1.47 bits per heavy atom. The number of nitrogens with zero attached hydrogens (tertiary/aromatic N) is 1. The Morgan fingerprint density at radius 2 is 2.29 bits per heavy atom. The summed E-state index contributed by atoms with van der Waals surface area (Å²) in [7, 11) is 1.65. The summed E-state index contributed by atoms with van der Waals surface area (Å²) >= 11 is 3.25. The van der Waals surface area contributed by atoms with Gasteiger partial charge < -0.3 is 10.5 Å². The number of nitrogen functional groups attached to an aromatic ring is 1. The van der Waals surface area contributed by atoms with Gasteiger partial charge in [0.25, 0.3) is 0 Å². The highest BCUT2D eigenvalue weighted by Crippen LogP contribution is 2.36. The molecule has 0 aliphatic heterocycles. The number of nitrogens with two attached hydrogens (primary N) is 1. The van der Waals surface area contributed by atoms with Crippen LogP contribution in [0.25, 0.3) is 11.3 Å². The van der Waals surface area contributed by atoms with Crippen LogP contribution in [0.3, 0.4) is 0 Å². The molecule has 1 aromatic heterocycles. The molecule has 17 heavy (non-hydrogen) atoms. The Hall–Kier alpha value is -1.20. The summed E-state index contributed by atoms with van der Waals surface area (Å²) in [6.07, 6.45) is 0. The zero-order chi connectivity index (χ0) is 12.3. The van der Waals surface area contributed by atoms with Crippen molar-refractivity contribution in [2.75, 3.05) is 18.6 Å². The molecular formula is C12H14N2OS2. The fourth-order valence-corrected chi connectivity index (χ4v) is 3.32. The molecule has 90 valence electrons. The highest BCUT2D eigenvalue weighted by atomic mass is 32.2. The normalized spacial score (nSPS) is 10.5. The highest BCUT2D eigenvalue weighted by Gasteiger charge is 2.11. The van der Waals surface area contributed by atoms with Crippen molar-refractivity contribution in [1.82, 2.24) is 4.98 Å². The number of aromatic nitrogens is 1. The molecule has 2 N–H and O–H groups in total. The molecule has 2 aromatic rings. The maximum absolute atomic E-state index is 6.00. The molecule has 1 aromatic carbocycles. The maximum Gasteiger partial charge on any atom is 0.152 e. The van der Waals surface area contributed by atoms with Gasteiger partial charge in [-0.25, -0.2) is 4.98 Å². The van der Waals surface area contributed by atoms with Crippen LogP contribution < -0.4 is 10.5 Å². The number of anilines is 1. The van der Waals surface area contributed by atoms with Crippen LogP contribution in [-0.4, -0.2) is 17.8 Å². The summed E-state index contributed by atoms with van der Waals surface area (Å²) in [6.45, 7) is 2.10. The van der Waals surface area contributed by atoms with Gasteiger partial charge in [0.1, 0.15) is 16.4 Å². The van der Waals surface area contributed by atoms with Gasteiger partial charge >= 0.3 is 0 Å². The average Bonchev–Trinajstić information content (AvgIpc) is 2.71. The van der Waals surface area contributed by atoms with Crippen LogP contribution in [0.15, 0.2) is 28.6 Å². The summed E-state index contributed by atoms with van der Waals surface area (Å²) in [5, 5.41) is 0.759. The van der Waals surface area contributed by atoms with Gasteiger partial charge in [0.05, 0.1) is 7.11 Å². The monoisotopic (exact) mass is 266 g/mol. The molecule has 0 aliphatic carbocycles. The molecule has 3 nitrogen and oxygen atoms in total. The van der Waals surface area contributed by atoms with E-state index < -0.39 is 0 Å². The van der Waals surface area contributed by atoms with Gasteiger partial charge in [-0.1, -0.05) is 42.2 Å². The average molecular weight is 266 g/mol. The third-order valence-corrected chi connectivity index (χ3v) is 4.15. The molecule has 0 bridgehead atoms. The predicted octanol–water partition coefficient (Wildman–Crippen LogP) is 3.51. The second kappa shape index (κ2) is 5.42. The largest absolute Gasteiger partial charge is 0.497 e. The van der Waals surface area contributed by atoms with Crippen molar-refractivity contribution in [2.24, 2.45) is 0 Å². The molecule has 0 amide bonds. The van der Waals surface area contributed by atoms with Gasteiger partial charge in [-0.3, -0.25) is 0 Å². The number of rotatable bonds is 4. The van der Waals surface area contributed by atoms with Crippen molar-refractivity contribution >= 4 is 28.1 Å². The van der Waals surface area contributed by atoms with Crippen LogP contribution in [0.4, 0.5) is 5.00 Å². The zero-order valence-corrected chi connectivity index (χ0v) is 11.4. The summed E-state index contributed by atoms with van der Waals surface area (Å²) in [4.78, 5) is 4.55. The minimum absolute atomic E-state index is 0.759. The van der Waals surface area contributed by atoms with Gasteiger partial charge in [-0.2, -0.15) is 0 Å². The van der Waals surface area contributed by atoms with Crippen LogP contribution >= 0.6 is 23.1 Å². The van der Waals surface area contributed by atoms with Crippen molar-refractivity contribution in [2.45, 2.75) is 11.3 Å². The Labute approximate surface area is 109 Å². The van der Waals surface area contributed by atoms with Crippen LogP contribution in [0, 0.1) is 0 Å². The molecular weight excluding hydrogens is 252 g/mol. The molecule has 0 unspecified atom stereocenters. The van der Waals surface area contributed by atoms with Gasteiger partial charge in [0, 0.05) is 5.56 Å². The Bertz CT molecular complexity index is 511. The number of hydrogen-bond acceptors (Lipinski definition) is 5. The molecule has 2 rings (SSSR count). The summed E-state index contributed by atoms with van der Waals surface area (Å²) in [5.41, 5.74) is 7.85. The Kier molecular flexibility index (Phi) is 3.91. The number of ether oxygens (including phenoxy) is 1. The van der Waals surface area contributed by atoms with E-state index in [2.05, 4.69) is 11.9 Å². The quantitative estimate of drug-likeness (QED) is 0.860. The lowest BCUT2D eigenvalue weighted by Crippen LogP contribution is -1.87. The Morgan fingerprint density at radius 3 is 3.00 bits per heavy atom. The Balaban J connectivity index is 2.37. The van der Waals surface area contributed by atoms with Crippen molar-refractivity contribution in [3.63, 3.8) is 0 Å². The van der Waals surface area contributed by atoms with E-state index in [1.165, 1.54) is 11.3 Å². The number of methoxy groups -OCH3 is 1. The number of hydrogen-bond donors (Lipinski definition) is 1. The molecule has 0 spiro atoms. The van der Waals surface area contributed by atoms with Crippen molar-refractivity contribution in [1.29, 1.82) is 0 Å². The van der Waals surface area contributed by atoms with Crippen molar-refractivity contribution in [3.8, 4) is 17.0 Å². The van der Waals surface area contributed by atoms with E-state index in [0.29, 0.717) is 0 Å². The SMILES string of the molecule is CCSc1nc(-c2cccc(OC)c2)c(N)s1. The van der Waals surface area contributed by atoms with E-state index in [0.717, 1.165) is 32.1 Å². The fourth-order valence-electron chi connectivity index (χ4n) is 1.47. The first-order valence-corrected chi connectivity index (χ1v) is 7.08. The summed E-state index contributed by atoms with van der Waals surface area (Å²) in [6, 6.07) is 7.80. The lowest BCUT2D eigenvalue weighted by molar-refractivity contribution is 0.415. The van der Waals surface area contributed by atoms with E-state index in [9.17, 15) is 0 Å². The van der Waals surface area contributed by atoms with Crippen LogP contribution in [0.2, 0.25) is 0 Å². The number of benzene rings is 1. The maximum atomic E-state index is 6.00. The van der Waals surface area contributed by atoms with Crippen molar-refractivity contribution < 1.29 is 4.74 Å². The van der Waals surface area contributed by atoms with Crippen LogP contribution in [0.1, 0.15) is 6.92 Å². The van der Waals surface area contributed by atoms with E-state index in [1.807, 2.05) is 24.3 Å². The first-order valence-electron chi connectivity index (χ1n) is 5.28. The van der Waals surface area contributed by atoms with Crippen LogP contribution in [0.5, 0.6) is 5.75 Å². The molecule has 0 saturated carbocycles. The lowest BCUT2D eigenvalue weighted by atomic mass is 10.1. The minimum Gasteiger partial charge on any atom is -0.497 e. The minimum atomic E-state index is 0.759. The fraction of sp³-hybridized carbons (Fsp3) is 0.250. The molecule has 1 heterocycles. The van der Waals surface area contributed by atoms with Gasteiger partial charge in [-0.15, -0.1) is 0 Å². The smallest absolute Gasteiger partial charge is 0.152 e. The molecule has 0 radical (unpaired) electrons. The number of thiazole rings is 1. The van der Waals surface area contributed by atoms with E-state index in [4.69, 9.17) is 10.5 Å². The second-order valence-corrected chi connectivity index (χ2v) is 5.90. The van der Waals surface area contributed by atoms with Gasteiger partial charge in [0.15, 0.2) is 4.34 Å². The number of thioether (sulfide) groups is 1. The third kappa shape index (κ3) is 2.73. The first kappa shape index (κ1) is 12.3. The molecule has 5 heteroatoms. The predicted molar refractivity (Wildman–Crippen MR) is 74.9 cm³/mol. The molecule has 0 saturated heterocycles. The summed E-state index contributed by atoms with van der Waals surface area (Å²) < 4.78 is 6.22. The molecule has 0 aliphatic rings. The standard InChI is InChI=1S/C12H14N2OS2/c1-3-16-12-14-10(11(13)17-12)8-5-4-6-9(7-8)15-2/h4-7H,3,13H2,1-2H3. The van der Waals surface area contributed by atoms with Crippen molar-refractivity contribution in [3.05, 3.63) is 24.3 Å². The summed E-state index contributed by atoms with van der Waals surface area (Å²) in [5.74, 6) is 1.82. The van der Waals surface area contributed by atoms with E-state index in [-0.39, 0.29) is 0 Å². The third-order valence-electron chi connectivity index (χ3n) is 2.24. The second-order valence-electron chi connectivity index (χ2n) is 3.36. The zero-order valence-electron chi connectivity index (χ0n) is 9.77. The van der Waals surface area contributed by atoms with E-state index in [1.54, 1.807) is 18.9 Å². The lowest BCUT2D eigenvalue weighted by Gasteiger charge is -2.02. The molecule has 0 atom stereocenters. The molecule has 0 fully saturated rings.